The van der Waals surface area contributed by atoms with Crippen molar-refractivity contribution >= 4 is 22.6 Å². The lowest BCUT2D eigenvalue weighted by Gasteiger charge is -1.89. The minimum Gasteiger partial charge on any atom is -0.498 e. The SMILES string of the molecule is FC=COCCI. The normalized spacial score (nSPS) is 10.0. The fourth-order valence-corrected chi connectivity index (χ4v) is 0.403. The zero-order valence-electron chi connectivity index (χ0n) is 3.73. The van der Waals surface area contributed by atoms with Gasteiger partial charge < -0.3 is 4.74 Å². The average Bonchev–Trinajstić information content (AvgIpc) is 1.69. The van der Waals surface area contributed by atoms with Crippen LogP contribution in [0.5, 0.6) is 0 Å². The minimum absolute atomic E-state index is 0.381. The van der Waals surface area contributed by atoms with Gasteiger partial charge in [0.15, 0.2) is 0 Å². The van der Waals surface area contributed by atoms with Crippen LogP contribution in [-0.2, 0) is 4.74 Å². The highest BCUT2D eigenvalue weighted by atomic mass is 127. The van der Waals surface area contributed by atoms with Crippen LogP contribution >= 0.6 is 22.6 Å². The zero-order valence-corrected chi connectivity index (χ0v) is 5.89. The molecule has 0 unspecified atom stereocenters. The first-order valence-electron chi connectivity index (χ1n) is 1.84. The van der Waals surface area contributed by atoms with Crippen molar-refractivity contribution in [2.45, 2.75) is 0 Å². The van der Waals surface area contributed by atoms with Gasteiger partial charge in [-0.05, 0) is 0 Å². The van der Waals surface area contributed by atoms with Gasteiger partial charge in [0.2, 0.25) is 0 Å². The first kappa shape index (κ1) is 7.20. The van der Waals surface area contributed by atoms with Crippen LogP contribution in [0.15, 0.2) is 12.6 Å². The molecule has 0 heterocycles. The molecule has 0 aromatic carbocycles. The molecule has 0 N–H and O–H groups in total. The van der Waals surface area contributed by atoms with Gasteiger partial charge in [0.1, 0.15) is 12.6 Å². The molecular weight excluding hydrogens is 210 g/mol. The van der Waals surface area contributed by atoms with Gasteiger partial charge in [-0.25, -0.2) is 4.39 Å². The van der Waals surface area contributed by atoms with E-state index >= 15 is 0 Å². The summed E-state index contributed by atoms with van der Waals surface area (Å²) in [5.74, 6) is 0. The number of rotatable bonds is 3. The average molecular weight is 216 g/mol. The van der Waals surface area contributed by atoms with Crippen LogP contribution in [0.3, 0.4) is 0 Å². The molecule has 3 heteroatoms. The molecule has 0 saturated heterocycles. The first-order valence-corrected chi connectivity index (χ1v) is 3.37. The van der Waals surface area contributed by atoms with E-state index in [1.165, 1.54) is 0 Å². The number of hydrogen-bond donors (Lipinski definition) is 0. The topological polar surface area (TPSA) is 9.23 Å². The molecule has 0 atom stereocenters. The van der Waals surface area contributed by atoms with E-state index < -0.39 is 0 Å². The van der Waals surface area contributed by atoms with E-state index in [2.05, 4.69) is 27.3 Å². The molecule has 42 valence electrons. The molecule has 0 rings (SSSR count). The van der Waals surface area contributed by atoms with Crippen molar-refractivity contribution in [2.24, 2.45) is 0 Å². The lowest BCUT2D eigenvalue weighted by atomic mass is 10.9. The molecule has 0 aliphatic rings. The minimum atomic E-state index is 0.381. The molecule has 0 bridgehead atoms. The molecule has 0 aromatic rings. The maximum Gasteiger partial charge on any atom is 0.121 e. The molecule has 0 amide bonds. The van der Waals surface area contributed by atoms with Gasteiger partial charge in [-0.3, -0.25) is 0 Å². The summed E-state index contributed by atoms with van der Waals surface area (Å²) in [6.07, 6.45) is 1.42. The van der Waals surface area contributed by atoms with E-state index in [4.69, 9.17) is 0 Å². The van der Waals surface area contributed by atoms with E-state index in [1.807, 2.05) is 0 Å². The Morgan fingerprint density at radius 1 is 1.71 bits per heavy atom. The Hall–Kier alpha value is 0.200. The quantitative estimate of drug-likeness (QED) is 0.303. The second kappa shape index (κ2) is 6.20. The van der Waals surface area contributed by atoms with Crippen LogP contribution in [0.25, 0.3) is 0 Å². The van der Waals surface area contributed by atoms with Gasteiger partial charge in [0, 0.05) is 4.43 Å². The summed E-state index contributed by atoms with van der Waals surface area (Å²) >= 11 is 2.15. The van der Waals surface area contributed by atoms with Gasteiger partial charge in [-0.1, -0.05) is 22.6 Å². The maximum atomic E-state index is 11.0. The van der Waals surface area contributed by atoms with Gasteiger partial charge in [-0.15, -0.1) is 0 Å². The number of alkyl halides is 1. The highest BCUT2D eigenvalue weighted by molar-refractivity contribution is 14.1. The van der Waals surface area contributed by atoms with Crippen molar-refractivity contribution in [3.05, 3.63) is 12.6 Å². The Morgan fingerprint density at radius 3 is 2.86 bits per heavy atom. The molecule has 0 aromatic heterocycles. The van der Waals surface area contributed by atoms with Gasteiger partial charge in [0.05, 0.1) is 6.61 Å². The second-order valence-electron chi connectivity index (χ2n) is 0.822. The molecule has 0 radical (unpaired) electrons. The second-order valence-corrected chi connectivity index (χ2v) is 1.90. The molecule has 0 saturated carbocycles. The Morgan fingerprint density at radius 2 is 2.43 bits per heavy atom. The van der Waals surface area contributed by atoms with Crippen LogP contribution in [-0.4, -0.2) is 11.0 Å². The summed E-state index contributed by atoms with van der Waals surface area (Å²) in [6, 6.07) is 0. The molecule has 0 fully saturated rings. The number of hydrogen-bond acceptors (Lipinski definition) is 1. The van der Waals surface area contributed by atoms with E-state index in [9.17, 15) is 4.39 Å². The smallest absolute Gasteiger partial charge is 0.121 e. The Labute approximate surface area is 55.7 Å². The lowest BCUT2D eigenvalue weighted by molar-refractivity contribution is 0.269. The van der Waals surface area contributed by atoms with Crippen molar-refractivity contribution in [3.8, 4) is 0 Å². The maximum absolute atomic E-state index is 11.0. The third-order valence-corrected chi connectivity index (χ3v) is 0.783. The van der Waals surface area contributed by atoms with E-state index in [0.29, 0.717) is 12.9 Å². The molecular formula is C4H6FIO. The van der Waals surface area contributed by atoms with Crippen molar-refractivity contribution in [2.75, 3.05) is 11.0 Å². The Bertz CT molecular complexity index is 55.7. The Balaban J connectivity index is 2.69. The monoisotopic (exact) mass is 216 g/mol. The predicted molar refractivity (Wildman–Crippen MR) is 35.1 cm³/mol. The van der Waals surface area contributed by atoms with Crippen LogP contribution in [0.2, 0.25) is 0 Å². The number of halogens is 2. The summed E-state index contributed by atoms with van der Waals surface area (Å²) in [5.41, 5.74) is 0. The molecule has 1 nitrogen and oxygen atoms in total. The largest absolute Gasteiger partial charge is 0.498 e. The molecule has 0 spiro atoms. The van der Waals surface area contributed by atoms with Gasteiger partial charge >= 0.3 is 0 Å². The van der Waals surface area contributed by atoms with Crippen molar-refractivity contribution in [1.82, 2.24) is 0 Å². The lowest BCUT2D eigenvalue weighted by Crippen LogP contribution is -1.84. The van der Waals surface area contributed by atoms with Crippen molar-refractivity contribution in [3.63, 3.8) is 0 Å². The van der Waals surface area contributed by atoms with Gasteiger partial charge in [0.25, 0.3) is 0 Å². The van der Waals surface area contributed by atoms with Crippen LogP contribution in [0, 0.1) is 0 Å². The van der Waals surface area contributed by atoms with E-state index in [0.717, 1.165) is 10.7 Å². The molecule has 0 aliphatic heterocycles. The summed E-state index contributed by atoms with van der Waals surface area (Å²) in [7, 11) is 0. The third-order valence-electron chi connectivity index (χ3n) is 0.343. The summed E-state index contributed by atoms with van der Waals surface area (Å²) in [6.45, 7) is 0.584. The first-order chi connectivity index (χ1) is 3.41. The fourth-order valence-electron chi connectivity index (χ4n) is 0.149. The van der Waals surface area contributed by atoms with Crippen LogP contribution < -0.4 is 0 Å². The Kier molecular flexibility index (Phi) is 6.38. The van der Waals surface area contributed by atoms with Crippen LogP contribution in [0.4, 0.5) is 4.39 Å². The summed E-state index contributed by atoms with van der Waals surface area (Å²) in [5, 5.41) is 0. The van der Waals surface area contributed by atoms with Crippen molar-refractivity contribution < 1.29 is 9.13 Å². The summed E-state index contributed by atoms with van der Waals surface area (Å²) < 4.78 is 16.5. The highest BCUT2D eigenvalue weighted by Gasteiger charge is 1.72. The van der Waals surface area contributed by atoms with E-state index in [1.54, 1.807) is 0 Å². The predicted octanol–water partition coefficient (Wildman–Crippen LogP) is 1.88. The standard InChI is InChI=1S/C4H6FIO/c5-1-3-7-4-2-6/h1,3H,2,4H2. The molecule has 0 aliphatic carbocycles. The van der Waals surface area contributed by atoms with Gasteiger partial charge in [-0.2, -0.15) is 0 Å². The molecule has 7 heavy (non-hydrogen) atoms. The van der Waals surface area contributed by atoms with Crippen molar-refractivity contribution in [1.29, 1.82) is 0 Å². The van der Waals surface area contributed by atoms with Crippen LogP contribution in [0.1, 0.15) is 0 Å². The van der Waals surface area contributed by atoms with E-state index in [-0.39, 0.29) is 0 Å². The fraction of sp³-hybridized carbons (Fsp3) is 0.500. The zero-order chi connectivity index (χ0) is 5.54. The highest BCUT2D eigenvalue weighted by Crippen LogP contribution is 1.83. The summed E-state index contributed by atoms with van der Waals surface area (Å²) in [4.78, 5) is 0. The third kappa shape index (κ3) is 6.20. The number of ether oxygens (including phenoxy) is 1.